The second kappa shape index (κ2) is 3.38. The second-order valence-electron chi connectivity index (χ2n) is 3.52. The Morgan fingerprint density at radius 1 is 1.27 bits per heavy atom. The first-order valence-corrected chi connectivity index (χ1v) is 6.48. The predicted octanol–water partition coefficient (Wildman–Crippen LogP) is 1.97. The van der Waals surface area contributed by atoms with Crippen molar-refractivity contribution in [1.29, 1.82) is 0 Å². The summed E-state index contributed by atoms with van der Waals surface area (Å²) in [5.41, 5.74) is 0.949. The largest absolute Gasteiger partial charge is 0.351 e. The van der Waals surface area contributed by atoms with Crippen LogP contribution in [0.3, 0.4) is 0 Å². The van der Waals surface area contributed by atoms with Gasteiger partial charge < -0.3 is 4.57 Å². The molecule has 0 N–H and O–H groups in total. The number of benzene rings is 1. The monoisotopic (exact) mass is 223 g/mol. The van der Waals surface area contributed by atoms with E-state index in [1.54, 1.807) is 19.1 Å². The minimum absolute atomic E-state index is 0.140. The molecule has 0 bridgehead atoms. The molecule has 0 unspecified atom stereocenters. The lowest BCUT2D eigenvalue weighted by Crippen LogP contribution is -2.03. The molecule has 80 valence electrons. The smallest absolute Gasteiger partial charge is 0.178 e. The van der Waals surface area contributed by atoms with E-state index in [-0.39, 0.29) is 5.75 Å². The van der Waals surface area contributed by atoms with Gasteiger partial charge >= 0.3 is 0 Å². The molecule has 4 heteroatoms. The lowest BCUT2D eigenvalue weighted by atomic mass is 10.2. The van der Waals surface area contributed by atoms with Gasteiger partial charge in [-0.2, -0.15) is 0 Å². The van der Waals surface area contributed by atoms with E-state index < -0.39 is 9.84 Å². The lowest BCUT2D eigenvalue weighted by molar-refractivity contribution is 0.598. The Kier molecular flexibility index (Phi) is 2.31. The summed E-state index contributed by atoms with van der Waals surface area (Å²) in [6.07, 6.45) is 1.87. The van der Waals surface area contributed by atoms with E-state index in [0.29, 0.717) is 4.90 Å². The molecule has 0 amide bonds. The van der Waals surface area contributed by atoms with E-state index in [2.05, 4.69) is 0 Å². The molecule has 0 aliphatic rings. The third-order valence-corrected chi connectivity index (χ3v) is 4.39. The van der Waals surface area contributed by atoms with Crippen molar-refractivity contribution in [2.75, 3.05) is 5.75 Å². The van der Waals surface area contributed by atoms with Crippen molar-refractivity contribution in [3.63, 3.8) is 0 Å². The standard InChI is InChI=1S/C11H13NO2S/c1-3-15(13,14)11-6-4-5-10-9(11)7-8-12(10)2/h4-8H,3H2,1-2H3. The van der Waals surface area contributed by atoms with Gasteiger partial charge in [-0.25, -0.2) is 8.42 Å². The zero-order valence-electron chi connectivity index (χ0n) is 8.77. The van der Waals surface area contributed by atoms with Crippen LogP contribution < -0.4 is 0 Å². The van der Waals surface area contributed by atoms with Gasteiger partial charge in [0.15, 0.2) is 9.84 Å². The van der Waals surface area contributed by atoms with E-state index in [0.717, 1.165) is 10.9 Å². The second-order valence-corrected chi connectivity index (χ2v) is 5.77. The van der Waals surface area contributed by atoms with Gasteiger partial charge in [0.25, 0.3) is 0 Å². The molecule has 1 aromatic heterocycles. The topological polar surface area (TPSA) is 39.1 Å². The summed E-state index contributed by atoms with van der Waals surface area (Å²) in [5, 5.41) is 0.807. The maximum atomic E-state index is 11.8. The summed E-state index contributed by atoms with van der Waals surface area (Å²) >= 11 is 0. The Balaban J connectivity index is 2.83. The number of hydrogen-bond acceptors (Lipinski definition) is 2. The van der Waals surface area contributed by atoms with Crippen LogP contribution in [0.5, 0.6) is 0 Å². The van der Waals surface area contributed by atoms with Crippen LogP contribution in [-0.4, -0.2) is 18.7 Å². The van der Waals surface area contributed by atoms with Crippen LogP contribution in [0.4, 0.5) is 0 Å². The fourth-order valence-corrected chi connectivity index (χ4v) is 2.81. The minimum Gasteiger partial charge on any atom is -0.351 e. The summed E-state index contributed by atoms with van der Waals surface area (Å²) in [7, 11) is -1.22. The average Bonchev–Trinajstić information content (AvgIpc) is 2.60. The highest BCUT2D eigenvalue weighted by molar-refractivity contribution is 7.91. The number of rotatable bonds is 2. The van der Waals surface area contributed by atoms with Crippen molar-refractivity contribution in [3.8, 4) is 0 Å². The maximum Gasteiger partial charge on any atom is 0.178 e. The molecular weight excluding hydrogens is 210 g/mol. The van der Waals surface area contributed by atoms with Crippen molar-refractivity contribution in [2.45, 2.75) is 11.8 Å². The van der Waals surface area contributed by atoms with E-state index in [1.165, 1.54) is 0 Å². The fraction of sp³-hybridized carbons (Fsp3) is 0.273. The van der Waals surface area contributed by atoms with Crippen LogP contribution in [0.2, 0.25) is 0 Å². The van der Waals surface area contributed by atoms with Crippen molar-refractivity contribution < 1.29 is 8.42 Å². The molecule has 3 nitrogen and oxygen atoms in total. The summed E-state index contributed by atoms with van der Waals surface area (Å²) in [6.45, 7) is 1.66. The molecule has 2 aromatic rings. The molecule has 0 atom stereocenters. The number of sulfone groups is 1. The lowest BCUT2D eigenvalue weighted by Gasteiger charge is -2.03. The molecular formula is C11H13NO2S. The molecule has 0 spiro atoms. The van der Waals surface area contributed by atoms with Crippen LogP contribution in [0.15, 0.2) is 35.4 Å². The van der Waals surface area contributed by atoms with Crippen LogP contribution in [0.25, 0.3) is 10.9 Å². The molecule has 15 heavy (non-hydrogen) atoms. The third kappa shape index (κ3) is 1.55. The van der Waals surface area contributed by atoms with Gasteiger partial charge in [0, 0.05) is 24.1 Å². The quantitative estimate of drug-likeness (QED) is 0.780. The van der Waals surface area contributed by atoms with Crippen molar-refractivity contribution in [2.24, 2.45) is 7.05 Å². The average molecular weight is 223 g/mol. The highest BCUT2D eigenvalue weighted by Gasteiger charge is 2.15. The van der Waals surface area contributed by atoms with Crippen molar-refractivity contribution in [1.82, 2.24) is 4.57 Å². The van der Waals surface area contributed by atoms with Crippen LogP contribution >= 0.6 is 0 Å². The molecule has 1 heterocycles. The Bertz CT molecular complexity index is 596. The first-order valence-electron chi connectivity index (χ1n) is 4.83. The first kappa shape index (κ1) is 10.2. The summed E-state index contributed by atoms with van der Waals surface area (Å²) in [4.78, 5) is 0.433. The molecule has 0 aliphatic heterocycles. The Morgan fingerprint density at radius 2 is 2.00 bits per heavy atom. The van der Waals surface area contributed by atoms with Gasteiger partial charge in [0.05, 0.1) is 10.6 Å². The Labute approximate surface area is 89.3 Å². The van der Waals surface area contributed by atoms with Gasteiger partial charge in [-0.3, -0.25) is 0 Å². The van der Waals surface area contributed by atoms with Gasteiger partial charge in [0.2, 0.25) is 0 Å². The highest BCUT2D eigenvalue weighted by Crippen LogP contribution is 2.24. The first-order chi connectivity index (χ1) is 7.06. The Hall–Kier alpha value is -1.29. The number of aryl methyl sites for hydroxylation is 1. The SMILES string of the molecule is CCS(=O)(=O)c1cccc2c1ccn2C. The molecule has 0 radical (unpaired) electrons. The Morgan fingerprint density at radius 3 is 2.67 bits per heavy atom. The number of nitrogens with zero attached hydrogens (tertiary/aromatic N) is 1. The zero-order chi connectivity index (χ0) is 11.1. The van der Waals surface area contributed by atoms with E-state index in [9.17, 15) is 8.42 Å². The van der Waals surface area contributed by atoms with Gasteiger partial charge in [-0.1, -0.05) is 13.0 Å². The van der Waals surface area contributed by atoms with Gasteiger partial charge in [0.1, 0.15) is 0 Å². The number of hydrogen-bond donors (Lipinski definition) is 0. The highest BCUT2D eigenvalue weighted by atomic mass is 32.2. The predicted molar refractivity (Wildman–Crippen MR) is 60.6 cm³/mol. The normalized spacial score (nSPS) is 12.1. The zero-order valence-corrected chi connectivity index (χ0v) is 9.58. The summed E-state index contributed by atoms with van der Waals surface area (Å²) in [5.74, 6) is 0.140. The van der Waals surface area contributed by atoms with Gasteiger partial charge in [-0.15, -0.1) is 0 Å². The van der Waals surface area contributed by atoms with Crippen LogP contribution in [-0.2, 0) is 16.9 Å². The molecule has 0 saturated carbocycles. The molecule has 1 aromatic carbocycles. The number of aromatic nitrogens is 1. The summed E-state index contributed by atoms with van der Waals surface area (Å²) in [6, 6.07) is 7.22. The van der Waals surface area contributed by atoms with Crippen molar-refractivity contribution in [3.05, 3.63) is 30.5 Å². The van der Waals surface area contributed by atoms with Crippen LogP contribution in [0, 0.1) is 0 Å². The van der Waals surface area contributed by atoms with E-state index in [1.807, 2.05) is 29.9 Å². The minimum atomic E-state index is -3.12. The van der Waals surface area contributed by atoms with Gasteiger partial charge in [-0.05, 0) is 18.2 Å². The van der Waals surface area contributed by atoms with E-state index >= 15 is 0 Å². The van der Waals surface area contributed by atoms with Crippen molar-refractivity contribution >= 4 is 20.7 Å². The third-order valence-electron chi connectivity index (χ3n) is 2.60. The number of fused-ring (bicyclic) bond motifs is 1. The molecule has 0 fully saturated rings. The van der Waals surface area contributed by atoms with E-state index in [4.69, 9.17) is 0 Å². The molecule has 0 aliphatic carbocycles. The molecule has 2 rings (SSSR count). The summed E-state index contributed by atoms with van der Waals surface area (Å²) < 4.78 is 25.6. The fourth-order valence-electron chi connectivity index (χ4n) is 1.70. The van der Waals surface area contributed by atoms with Crippen LogP contribution in [0.1, 0.15) is 6.92 Å². The molecule has 0 saturated heterocycles. The maximum absolute atomic E-state index is 11.8.